The molecule has 0 heterocycles. The molecule has 0 spiro atoms. The molecule has 16 heavy (non-hydrogen) atoms. The van der Waals surface area contributed by atoms with Crippen LogP contribution in [0, 0.1) is 0 Å². The van der Waals surface area contributed by atoms with Gasteiger partial charge in [0.25, 0.3) is 0 Å². The molecule has 0 rings (SSSR count). The molecule has 0 aromatic heterocycles. The van der Waals surface area contributed by atoms with Gasteiger partial charge in [0, 0.05) is 32.8 Å². The number of ether oxygens (including phenoxy) is 1. The van der Waals surface area contributed by atoms with Crippen LogP contribution in [0.1, 0.15) is 46.5 Å². The van der Waals surface area contributed by atoms with Gasteiger partial charge >= 0.3 is 0 Å². The van der Waals surface area contributed by atoms with E-state index in [1.54, 1.807) is 0 Å². The molecule has 0 aromatic carbocycles. The normalized spacial score (nSPS) is 11.2. The minimum absolute atomic E-state index is 0.853. The first-order valence-electron chi connectivity index (χ1n) is 6.67. The Balaban J connectivity index is 3.48. The summed E-state index contributed by atoms with van der Waals surface area (Å²) in [5, 5.41) is 2.10. The molecule has 0 amide bonds. The van der Waals surface area contributed by atoms with Crippen molar-refractivity contribution in [2.75, 3.05) is 32.8 Å². The molecule has 4 nitrogen and oxygen atoms in total. The fourth-order valence-electron chi connectivity index (χ4n) is 1.28. The summed E-state index contributed by atoms with van der Waals surface area (Å²) in [5.74, 6) is 0. The lowest BCUT2D eigenvalue weighted by Crippen LogP contribution is -2.49. The molecule has 0 aliphatic rings. The number of nitrogens with one attached hydrogen (secondary N) is 2. The van der Waals surface area contributed by atoms with E-state index in [0.29, 0.717) is 0 Å². The zero-order valence-corrected chi connectivity index (χ0v) is 11.2. The van der Waals surface area contributed by atoms with Crippen LogP contribution in [-0.2, 0) is 4.74 Å². The molecule has 0 saturated heterocycles. The van der Waals surface area contributed by atoms with E-state index in [2.05, 4.69) is 36.7 Å². The average Bonchev–Trinajstić information content (AvgIpc) is 2.31. The number of hydrazine groups is 2. The lowest BCUT2D eigenvalue weighted by atomic mass is 10.4. The second kappa shape index (κ2) is 12.9. The largest absolute Gasteiger partial charge is 0.381 e. The van der Waals surface area contributed by atoms with Crippen LogP contribution in [0.25, 0.3) is 0 Å². The third kappa shape index (κ3) is 10.4. The molecule has 0 fully saturated rings. The highest BCUT2D eigenvalue weighted by Crippen LogP contribution is 1.88. The van der Waals surface area contributed by atoms with Gasteiger partial charge in [-0.25, -0.2) is 10.9 Å². The van der Waals surface area contributed by atoms with Gasteiger partial charge < -0.3 is 4.74 Å². The molecule has 0 bridgehead atoms. The zero-order valence-electron chi connectivity index (χ0n) is 11.2. The lowest BCUT2D eigenvalue weighted by molar-refractivity contribution is 0.0802. The fraction of sp³-hybridized carbons (Fsp3) is 1.00. The van der Waals surface area contributed by atoms with E-state index in [4.69, 9.17) is 4.74 Å². The van der Waals surface area contributed by atoms with E-state index >= 15 is 0 Å². The van der Waals surface area contributed by atoms with Crippen molar-refractivity contribution in [1.29, 1.82) is 0 Å². The molecule has 4 heteroatoms. The van der Waals surface area contributed by atoms with Crippen LogP contribution < -0.4 is 10.9 Å². The maximum atomic E-state index is 5.46. The van der Waals surface area contributed by atoms with Crippen molar-refractivity contribution < 1.29 is 4.74 Å². The molecule has 0 saturated carbocycles. The summed E-state index contributed by atoms with van der Waals surface area (Å²) in [6.07, 6.45) is 4.46. The van der Waals surface area contributed by atoms with Crippen LogP contribution >= 0.6 is 0 Å². The van der Waals surface area contributed by atoms with Crippen LogP contribution in [0.5, 0.6) is 0 Å². The lowest BCUT2D eigenvalue weighted by Gasteiger charge is -2.23. The second-order valence-corrected chi connectivity index (χ2v) is 3.93. The first kappa shape index (κ1) is 15.8. The van der Waals surface area contributed by atoms with Crippen LogP contribution in [0.4, 0.5) is 0 Å². The SMILES string of the molecule is CCCNN(CCCOCCC)NCCC. The smallest absolute Gasteiger partial charge is 0.0479 e. The van der Waals surface area contributed by atoms with Crippen LogP contribution in [0.3, 0.4) is 0 Å². The predicted octanol–water partition coefficient (Wildman–Crippen LogP) is 1.93. The van der Waals surface area contributed by atoms with Crippen molar-refractivity contribution in [2.24, 2.45) is 0 Å². The van der Waals surface area contributed by atoms with Gasteiger partial charge in [-0.3, -0.25) is 0 Å². The third-order valence-corrected chi connectivity index (χ3v) is 2.12. The van der Waals surface area contributed by atoms with E-state index in [1.807, 2.05) is 0 Å². The molecular weight excluding hydrogens is 202 g/mol. The third-order valence-electron chi connectivity index (χ3n) is 2.12. The van der Waals surface area contributed by atoms with E-state index in [0.717, 1.165) is 58.5 Å². The summed E-state index contributed by atoms with van der Waals surface area (Å²) in [7, 11) is 0. The molecular formula is C12H29N3O. The molecule has 0 aliphatic heterocycles. The van der Waals surface area contributed by atoms with Gasteiger partial charge in [0.05, 0.1) is 0 Å². The number of hydrogen-bond acceptors (Lipinski definition) is 4. The van der Waals surface area contributed by atoms with Crippen molar-refractivity contribution in [3.05, 3.63) is 0 Å². The van der Waals surface area contributed by atoms with Crippen LogP contribution in [-0.4, -0.2) is 38.0 Å². The molecule has 0 radical (unpaired) electrons. The first-order chi connectivity index (χ1) is 7.85. The predicted molar refractivity (Wildman–Crippen MR) is 69.0 cm³/mol. The Morgan fingerprint density at radius 3 is 2.00 bits per heavy atom. The van der Waals surface area contributed by atoms with Crippen molar-refractivity contribution in [3.63, 3.8) is 0 Å². The molecule has 0 unspecified atom stereocenters. The van der Waals surface area contributed by atoms with E-state index in [9.17, 15) is 0 Å². The molecule has 0 aliphatic carbocycles. The molecule has 98 valence electrons. The van der Waals surface area contributed by atoms with Crippen molar-refractivity contribution in [2.45, 2.75) is 46.5 Å². The number of nitrogens with zero attached hydrogens (tertiary/aromatic N) is 1. The molecule has 2 N–H and O–H groups in total. The first-order valence-corrected chi connectivity index (χ1v) is 6.67. The van der Waals surface area contributed by atoms with E-state index in [-0.39, 0.29) is 0 Å². The Bertz CT molecular complexity index is 125. The summed E-state index contributed by atoms with van der Waals surface area (Å²) in [6.45, 7) is 11.3. The van der Waals surface area contributed by atoms with Crippen molar-refractivity contribution in [3.8, 4) is 0 Å². The van der Waals surface area contributed by atoms with Gasteiger partial charge in [-0.15, -0.1) is 0 Å². The van der Waals surface area contributed by atoms with Gasteiger partial charge in [0.15, 0.2) is 0 Å². The summed E-state index contributed by atoms with van der Waals surface area (Å²) >= 11 is 0. The number of rotatable bonds is 12. The molecule has 0 aromatic rings. The van der Waals surface area contributed by atoms with Crippen molar-refractivity contribution >= 4 is 0 Å². The maximum Gasteiger partial charge on any atom is 0.0479 e. The highest BCUT2D eigenvalue weighted by Gasteiger charge is 2.01. The van der Waals surface area contributed by atoms with Gasteiger partial charge in [-0.05, 0) is 25.7 Å². The average molecular weight is 231 g/mol. The zero-order chi connectivity index (χ0) is 12.1. The summed E-state index contributed by atoms with van der Waals surface area (Å²) in [4.78, 5) is 0. The van der Waals surface area contributed by atoms with Gasteiger partial charge in [0.2, 0.25) is 0 Å². The Labute approximate surface area is 101 Å². The summed E-state index contributed by atoms with van der Waals surface area (Å²) in [5.41, 5.74) is 6.72. The Hall–Kier alpha value is -0.160. The highest BCUT2D eigenvalue weighted by atomic mass is 16.5. The minimum atomic E-state index is 0.853. The van der Waals surface area contributed by atoms with Crippen molar-refractivity contribution in [1.82, 2.24) is 16.0 Å². The Morgan fingerprint density at radius 2 is 1.50 bits per heavy atom. The summed E-state index contributed by atoms with van der Waals surface area (Å²) < 4.78 is 5.46. The monoisotopic (exact) mass is 231 g/mol. The number of hydrogen-bond donors (Lipinski definition) is 2. The standard InChI is InChI=1S/C12H29N3O/c1-4-8-13-15(14-9-5-2)10-7-12-16-11-6-3/h13-14H,4-12H2,1-3H3. The van der Waals surface area contributed by atoms with Crippen LogP contribution in [0.15, 0.2) is 0 Å². The van der Waals surface area contributed by atoms with Gasteiger partial charge in [0.1, 0.15) is 0 Å². The highest BCUT2D eigenvalue weighted by molar-refractivity contribution is 4.48. The Morgan fingerprint density at radius 1 is 0.875 bits per heavy atom. The molecule has 0 atom stereocenters. The van der Waals surface area contributed by atoms with Gasteiger partial charge in [-0.2, -0.15) is 5.12 Å². The minimum Gasteiger partial charge on any atom is -0.381 e. The van der Waals surface area contributed by atoms with E-state index < -0.39 is 0 Å². The fourth-order valence-corrected chi connectivity index (χ4v) is 1.28. The summed E-state index contributed by atoms with van der Waals surface area (Å²) in [6, 6.07) is 0. The van der Waals surface area contributed by atoms with Gasteiger partial charge in [-0.1, -0.05) is 20.8 Å². The van der Waals surface area contributed by atoms with Crippen LogP contribution in [0.2, 0.25) is 0 Å². The van der Waals surface area contributed by atoms with E-state index in [1.165, 1.54) is 0 Å². The topological polar surface area (TPSA) is 36.5 Å². The quantitative estimate of drug-likeness (QED) is 0.397. The maximum absolute atomic E-state index is 5.46. The second-order valence-electron chi connectivity index (χ2n) is 3.93. The Kier molecular flexibility index (Phi) is 12.8.